The molecule has 0 unspecified atom stereocenters. The lowest BCUT2D eigenvalue weighted by atomic mass is 10.1. The Balaban J connectivity index is 1.41. The minimum atomic E-state index is -0.314. The molecule has 0 aliphatic heterocycles. The van der Waals surface area contributed by atoms with Gasteiger partial charge in [-0.1, -0.05) is 18.2 Å². The van der Waals surface area contributed by atoms with Crippen LogP contribution >= 0.6 is 11.3 Å². The number of rotatable bonds is 7. The molecule has 152 valence electrons. The maximum absolute atomic E-state index is 12.5. The smallest absolute Gasteiger partial charge is 0.269 e. The Morgan fingerprint density at radius 3 is 2.83 bits per heavy atom. The average molecular weight is 421 g/mol. The molecule has 3 aromatic heterocycles. The van der Waals surface area contributed by atoms with Crippen LogP contribution in [0.1, 0.15) is 10.5 Å². The Hall–Kier alpha value is -3.72. The van der Waals surface area contributed by atoms with E-state index in [1.54, 1.807) is 30.6 Å². The number of nitrogens with zero attached hydrogens (tertiary/aromatic N) is 3. The Morgan fingerprint density at radius 1 is 1.17 bits per heavy atom. The van der Waals surface area contributed by atoms with Crippen LogP contribution in [0.3, 0.4) is 0 Å². The van der Waals surface area contributed by atoms with Crippen molar-refractivity contribution in [2.24, 2.45) is 0 Å². The van der Waals surface area contributed by atoms with Crippen molar-refractivity contribution in [3.05, 3.63) is 76.0 Å². The number of ether oxygens (including phenoxy) is 1. The monoisotopic (exact) mass is 421 g/mol. The molecule has 4 rings (SSSR count). The lowest BCUT2D eigenvalue weighted by Crippen LogP contribution is -2.32. The number of para-hydroxylation sites is 1. The van der Waals surface area contributed by atoms with Gasteiger partial charge in [0.2, 0.25) is 0 Å². The number of aromatic nitrogens is 4. The number of methoxy groups -OCH3 is 1. The van der Waals surface area contributed by atoms with Gasteiger partial charge in [-0.25, -0.2) is 4.68 Å². The topological polar surface area (TPSA) is 102 Å². The average Bonchev–Trinajstić information content (AvgIpc) is 3.47. The maximum atomic E-state index is 12.5. The minimum absolute atomic E-state index is 0.218. The highest BCUT2D eigenvalue weighted by Gasteiger charge is 2.13. The number of hydrogen-bond donors (Lipinski definition) is 2. The Kier molecular flexibility index (Phi) is 5.71. The summed E-state index contributed by atoms with van der Waals surface area (Å²) in [5.41, 5.74) is 2.23. The van der Waals surface area contributed by atoms with Crippen molar-refractivity contribution in [2.75, 3.05) is 13.7 Å². The normalized spacial score (nSPS) is 10.7. The van der Waals surface area contributed by atoms with Gasteiger partial charge >= 0.3 is 0 Å². The summed E-state index contributed by atoms with van der Waals surface area (Å²) in [4.78, 5) is 25.5. The van der Waals surface area contributed by atoms with Gasteiger partial charge in [0.25, 0.3) is 11.5 Å². The molecule has 0 atom stereocenters. The van der Waals surface area contributed by atoms with Crippen LogP contribution in [0.15, 0.2) is 64.8 Å². The van der Waals surface area contributed by atoms with Gasteiger partial charge in [0.05, 0.1) is 24.2 Å². The quantitative estimate of drug-likeness (QED) is 0.478. The van der Waals surface area contributed by atoms with Gasteiger partial charge in [0, 0.05) is 18.2 Å². The molecule has 0 fully saturated rings. The fourth-order valence-electron chi connectivity index (χ4n) is 2.97. The van der Waals surface area contributed by atoms with Crippen LogP contribution in [0.2, 0.25) is 0 Å². The number of carbonyl (C=O) groups is 1. The van der Waals surface area contributed by atoms with Crippen LogP contribution in [0, 0.1) is 0 Å². The number of H-pyrrole nitrogens is 1. The van der Waals surface area contributed by atoms with Gasteiger partial charge in [-0.15, -0.1) is 11.3 Å². The second-order valence-corrected chi connectivity index (χ2v) is 7.33. The van der Waals surface area contributed by atoms with Crippen molar-refractivity contribution in [1.82, 2.24) is 25.3 Å². The highest BCUT2D eigenvalue weighted by Crippen LogP contribution is 2.28. The number of benzene rings is 1. The Morgan fingerprint density at radius 2 is 2.03 bits per heavy atom. The van der Waals surface area contributed by atoms with Crippen molar-refractivity contribution in [3.8, 4) is 27.6 Å². The first kappa shape index (κ1) is 19.6. The number of carbonyl (C=O) groups excluding carboxylic acids is 1. The first-order chi connectivity index (χ1) is 14.7. The van der Waals surface area contributed by atoms with E-state index < -0.39 is 0 Å². The minimum Gasteiger partial charge on any atom is -0.496 e. The molecule has 0 aliphatic rings. The standard InChI is InChI=1S/C21H19N5O3S/c1-29-18-6-3-2-5-14(18)16-13-17(24-23-16)21(28)22-10-11-26-20(27)9-8-15(25-26)19-7-4-12-30-19/h2-9,12-13H,10-11H2,1H3,(H,22,28)(H,23,24). The molecule has 0 aliphatic carbocycles. The Labute approximate surface area is 176 Å². The molecule has 1 amide bonds. The van der Waals surface area contributed by atoms with E-state index in [2.05, 4.69) is 20.6 Å². The molecule has 0 spiro atoms. The van der Waals surface area contributed by atoms with E-state index in [0.29, 0.717) is 17.1 Å². The molecule has 1 aromatic carbocycles. The second kappa shape index (κ2) is 8.75. The third-order valence-electron chi connectivity index (χ3n) is 4.45. The van der Waals surface area contributed by atoms with Crippen LogP contribution in [-0.2, 0) is 6.54 Å². The molecule has 8 nitrogen and oxygen atoms in total. The molecular weight excluding hydrogens is 402 g/mol. The van der Waals surface area contributed by atoms with Gasteiger partial charge in [-0.2, -0.15) is 10.2 Å². The molecular formula is C21H19N5O3S. The van der Waals surface area contributed by atoms with E-state index in [0.717, 1.165) is 16.1 Å². The van der Waals surface area contributed by atoms with E-state index in [1.807, 2.05) is 41.8 Å². The molecule has 0 radical (unpaired) electrons. The van der Waals surface area contributed by atoms with Crippen LogP contribution in [0.4, 0.5) is 0 Å². The van der Waals surface area contributed by atoms with E-state index in [4.69, 9.17) is 4.74 Å². The number of thiophene rings is 1. The molecule has 0 saturated heterocycles. The lowest BCUT2D eigenvalue weighted by Gasteiger charge is -2.07. The van der Waals surface area contributed by atoms with E-state index >= 15 is 0 Å². The van der Waals surface area contributed by atoms with Crippen LogP contribution in [0.25, 0.3) is 21.8 Å². The SMILES string of the molecule is COc1ccccc1-c1cc(C(=O)NCCn2nc(-c3cccs3)ccc2=O)[nH]n1. The third kappa shape index (κ3) is 4.15. The summed E-state index contributed by atoms with van der Waals surface area (Å²) < 4.78 is 6.69. The van der Waals surface area contributed by atoms with Crippen molar-refractivity contribution in [2.45, 2.75) is 6.54 Å². The van der Waals surface area contributed by atoms with E-state index in [-0.39, 0.29) is 24.6 Å². The summed E-state index contributed by atoms with van der Waals surface area (Å²) in [5.74, 6) is 0.359. The largest absolute Gasteiger partial charge is 0.496 e. The van der Waals surface area contributed by atoms with Gasteiger partial charge in [0.1, 0.15) is 17.1 Å². The summed E-state index contributed by atoms with van der Waals surface area (Å²) in [5, 5.41) is 16.1. The molecule has 4 aromatic rings. The van der Waals surface area contributed by atoms with Crippen LogP contribution in [-0.4, -0.2) is 39.5 Å². The second-order valence-electron chi connectivity index (χ2n) is 6.38. The number of hydrogen-bond acceptors (Lipinski definition) is 6. The summed E-state index contributed by atoms with van der Waals surface area (Å²) in [6.45, 7) is 0.514. The summed E-state index contributed by atoms with van der Waals surface area (Å²) >= 11 is 1.55. The fraction of sp³-hybridized carbons (Fsp3) is 0.143. The molecule has 2 N–H and O–H groups in total. The predicted molar refractivity (Wildman–Crippen MR) is 115 cm³/mol. The summed E-state index contributed by atoms with van der Waals surface area (Å²) in [6, 6.07) is 16.2. The molecule has 3 heterocycles. The van der Waals surface area contributed by atoms with Crippen molar-refractivity contribution in [3.63, 3.8) is 0 Å². The molecule has 9 heteroatoms. The number of aromatic amines is 1. The highest BCUT2D eigenvalue weighted by atomic mass is 32.1. The number of nitrogens with one attached hydrogen (secondary N) is 2. The zero-order valence-corrected chi connectivity index (χ0v) is 17.0. The van der Waals surface area contributed by atoms with E-state index in [9.17, 15) is 9.59 Å². The van der Waals surface area contributed by atoms with Crippen molar-refractivity contribution >= 4 is 17.2 Å². The fourth-order valence-corrected chi connectivity index (χ4v) is 3.66. The van der Waals surface area contributed by atoms with Gasteiger partial charge in [-0.3, -0.25) is 14.7 Å². The predicted octanol–water partition coefficient (Wildman–Crippen LogP) is 2.80. The third-order valence-corrected chi connectivity index (χ3v) is 5.35. The van der Waals surface area contributed by atoms with Gasteiger partial charge in [0.15, 0.2) is 0 Å². The van der Waals surface area contributed by atoms with Crippen LogP contribution < -0.4 is 15.6 Å². The first-order valence-electron chi connectivity index (χ1n) is 9.25. The van der Waals surface area contributed by atoms with Gasteiger partial charge in [-0.05, 0) is 35.7 Å². The summed E-state index contributed by atoms with van der Waals surface area (Å²) in [6.07, 6.45) is 0. The molecule has 30 heavy (non-hydrogen) atoms. The molecule has 0 bridgehead atoms. The molecule has 0 saturated carbocycles. The first-order valence-corrected chi connectivity index (χ1v) is 10.1. The number of amides is 1. The Bertz CT molecular complexity index is 1210. The van der Waals surface area contributed by atoms with Crippen molar-refractivity contribution < 1.29 is 9.53 Å². The zero-order chi connectivity index (χ0) is 20.9. The van der Waals surface area contributed by atoms with E-state index in [1.165, 1.54) is 10.7 Å². The van der Waals surface area contributed by atoms with Crippen LogP contribution in [0.5, 0.6) is 5.75 Å². The maximum Gasteiger partial charge on any atom is 0.269 e. The highest BCUT2D eigenvalue weighted by molar-refractivity contribution is 7.13. The zero-order valence-electron chi connectivity index (χ0n) is 16.2. The van der Waals surface area contributed by atoms with Crippen molar-refractivity contribution in [1.29, 1.82) is 0 Å². The van der Waals surface area contributed by atoms with Gasteiger partial charge < -0.3 is 10.1 Å². The lowest BCUT2D eigenvalue weighted by molar-refractivity contribution is 0.0946. The summed E-state index contributed by atoms with van der Waals surface area (Å²) in [7, 11) is 1.59.